The second kappa shape index (κ2) is 5.81. The van der Waals surface area contributed by atoms with Crippen molar-refractivity contribution in [3.63, 3.8) is 0 Å². The molecule has 2 aromatic rings. The fourth-order valence-corrected chi connectivity index (χ4v) is 2.66. The van der Waals surface area contributed by atoms with E-state index in [0.29, 0.717) is 11.1 Å². The Hall–Kier alpha value is -3.33. The first-order valence-electron chi connectivity index (χ1n) is 6.93. The molecule has 0 N–H and O–H groups in total. The molecule has 6 heteroatoms. The molecule has 3 rings (SSSR count). The highest BCUT2D eigenvalue weighted by Crippen LogP contribution is 2.37. The Kier molecular flexibility index (Phi) is 3.69. The van der Waals surface area contributed by atoms with Crippen molar-refractivity contribution in [2.75, 3.05) is 12.0 Å². The molecule has 0 aliphatic carbocycles. The zero-order valence-corrected chi connectivity index (χ0v) is 12.3. The number of nitro benzene ring substituents is 1. The molecule has 0 saturated carbocycles. The van der Waals surface area contributed by atoms with Crippen molar-refractivity contribution in [2.24, 2.45) is 0 Å². The summed E-state index contributed by atoms with van der Waals surface area (Å²) in [6.45, 7) is 0. The highest BCUT2D eigenvalue weighted by molar-refractivity contribution is 5.73. The number of methoxy groups -OCH3 is 1. The molecule has 114 valence electrons. The predicted octanol–water partition coefficient (Wildman–Crippen LogP) is 3.66. The Morgan fingerprint density at radius 2 is 2.00 bits per heavy atom. The van der Waals surface area contributed by atoms with Crippen LogP contribution in [-0.4, -0.2) is 12.0 Å². The molecule has 0 aromatic heterocycles. The summed E-state index contributed by atoms with van der Waals surface area (Å²) in [6, 6.07) is 13.7. The molecular weight excluding hydrogens is 294 g/mol. The van der Waals surface area contributed by atoms with E-state index in [4.69, 9.17) is 4.74 Å². The van der Waals surface area contributed by atoms with Crippen LogP contribution in [-0.2, 0) is 0 Å². The van der Waals surface area contributed by atoms with Gasteiger partial charge in [-0.05, 0) is 30.3 Å². The van der Waals surface area contributed by atoms with Gasteiger partial charge >= 0.3 is 0 Å². The third-order valence-electron chi connectivity index (χ3n) is 3.78. The van der Waals surface area contributed by atoms with E-state index in [2.05, 4.69) is 6.07 Å². The van der Waals surface area contributed by atoms with Gasteiger partial charge in [0.25, 0.3) is 5.69 Å². The van der Waals surface area contributed by atoms with E-state index in [9.17, 15) is 15.4 Å². The summed E-state index contributed by atoms with van der Waals surface area (Å²) in [5, 5.41) is 20.7. The monoisotopic (exact) mass is 307 g/mol. The van der Waals surface area contributed by atoms with Gasteiger partial charge in [0.15, 0.2) is 0 Å². The van der Waals surface area contributed by atoms with E-state index in [-0.39, 0.29) is 5.69 Å². The largest absolute Gasteiger partial charge is 0.497 e. The molecule has 1 aliphatic rings. The maximum atomic E-state index is 11.2. The minimum absolute atomic E-state index is 0.00776. The van der Waals surface area contributed by atoms with E-state index in [1.54, 1.807) is 48.6 Å². The van der Waals surface area contributed by atoms with Gasteiger partial charge in [0, 0.05) is 23.5 Å². The van der Waals surface area contributed by atoms with Crippen LogP contribution in [0.3, 0.4) is 0 Å². The summed E-state index contributed by atoms with van der Waals surface area (Å²) in [4.78, 5) is 12.5. The zero-order chi connectivity index (χ0) is 16.4. The van der Waals surface area contributed by atoms with E-state index >= 15 is 0 Å². The fraction of sp³-hybridized carbons (Fsp3) is 0.118. The first-order chi connectivity index (χ1) is 11.2. The SMILES string of the molecule is COc1ccc(N2C=Cc3c(cccc3[N+](=O)[O-])C2C#N)cc1. The van der Waals surface area contributed by atoms with E-state index in [1.165, 1.54) is 6.07 Å². The van der Waals surface area contributed by atoms with E-state index in [0.717, 1.165) is 11.4 Å². The van der Waals surface area contributed by atoms with Crippen LogP contribution in [0.2, 0.25) is 0 Å². The zero-order valence-electron chi connectivity index (χ0n) is 12.3. The van der Waals surface area contributed by atoms with Crippen molar-refractivity contribution in [1.82, 2.24) is 0 Å². The predicted molar refractivity (Wildman–Crippen MR) is 86.0 cm³/mol. The van der Waals surface area contributed by atoms with Crippen LogP contribution in [0.15, 0.2) is 48.7 Å². The first kappa shape index (κ1) is 14.6. The van der Waals surface area contributed by atoms with Crippen molar-refractivity contribution < 1.29 is 9.66 Å². The van der Waals surface area contributed by atoms with Gasteiger partial charge in [0.05, 0.1) is 23.7 Å². The van der Waals surface area contributed by atoms with Crippen molar-refractivity contribution in [3.8, 4) is 11.8 Å². The average Bonchev–Trinajstić information content (AvgIpc) is 2.60. The maximum absolute atomic E-state index is 11.2. The smallest absolute Gasteiger partial charge is 0.277 e. The maximum Gasteiger partial charge on any atom is 0.277 e. The summed E-state index contributed by atoms with van der Waals surface area (Å²) >= 11 is 0. The Balaban J connectivity index is 2.06. The van der Waals surface area contributed by atoms with Gasteiger partial charge in [-0.2, -0.15) is 5.26 Å². The van der Waals surface area contributed by atoms with E-state index < -0.39 is 11.0 Å². The van der Waals surface area contributed by atoms with Crippen molar-refractivity contribution in [2.45, 2.75) is 6.04 Å². The number of hydrogen-bond acceptors (Lipinski definition) is 5. The van der Waals surface area contributed by atoms with Gasteiger partial charge < -0.3 is 9.64 Å². The number of rotatable bonds is 3. The second-order valence-electron chi connectivity index (χ2n) is 4.99. The van der Waals surface area contributed by atoms with Crippen molar-refractivity contribution in [1.29, 1.82) is 5.26 Å². The lowest BCUT2D eigenvalue weighted by molar-refractivity contribution is -0.385. The third-order valence-corrected chi connectivity index (χ3v) is 3.78. The highest BCUT2D eigenvalue weighted by Gasteiger charge is 2.28. The summed E-state index contributed by atoms with van der Waals surface area (Å²) in [7, 11) is 1.59. The average molecular weight is 307 g/mol. The number of benzene rings is 2. The first-order valence-corrected chi connectivity index (χ1v) is 6.93. The number of hydrogen-bond donors (Lipinski definition) is 0. The number of fused-ring (bicyclic) bond motifs is 1. The molecule has 0 spiro atoms. The van der Waals surface area contributed by atoms with Crippen molar-refractivity contribution >= 4 is 17.5 Å². The van der Waals surface area contributed by atoms with Crippen LogP contribution >= 0.6 is 0 Å². The summed E-state index contributed by atoms with van der Waals surface area (Å²) in [5.41, 5.74) is 1.92. The lowest BCUT2D eigenvalue weighted by Crippen LogP contribution is -2.25. The molecule has 1 unspecified atom stereocenters. The Bertz CT molecular complexity index is 822. The Morgan fingerprint density at radius 3 is 2.61 bits per heavy atom. The highest BCUT2D eigenvalue weighted by atomic mass is 16.6. The van der Waals surface area contributed by atoms with Gasteiger partial charge in [-0.15, -0.1) is 0 Å². The molecule has 1 aliphatic heterocycles. The standard InChI is InChI=1S/C17H13N3O3/c1-23-13-7-5-12(6-8-13)19-10-9-15-14(17(19)11-18)3-2-4-16(15)20(21)22/h2-10,17H,1H3. The van der Waals surface area contributed by atoms with Crippen LogP contribution in [0, 0.1) is 21.4 Å². The van der Waals surface area contributed by atoms with Crippen LogP contribution < -0.4 is 9.64 Å². The van der Waals surface area contributed by atoms with Gasteiger partial charge in [0.2, 0.25) is 0 Å². The molecule has 0 amide bonds. The van der Waals surface area contributed by atoms with Crippen LogP contribution in [0.4, 0.5) is 11.4 Å². The summed E-state index contributed by atoms with van der Waals surface area (Å²) < 4.78 is 5.13. The lowest BCUT2D eigenvalue weighted by Gasteiger charge is -2.30. The summed E-state index contributed by atoms with van der Waals surface area (Å²) in [5.74, 6) is 0.722. The second-order valence-corrected chi connectivity index (χ2v) is 4.99. The van der Waals surface area contributed by atoms with Crippen LogP contribution in [0.25, 0.3) is 6.08 Å². The number of ether oxygens (including phenoxy) is 1. The van der Waals surface area contributed by atoms with Crippen LogP contribution in [0.5, 0.6) is 5.75 Å². The normalized spacial score (nSPS) is 15.7. The molecule has 0 saturated heterocycles. The molecule has 0 fully saturated rings. The van der Waals surface area contributed by atoms with Gasteiger partial charge in [0.1, 0.15) is 11.8 Å². The summed E-state index contributed by atoms with van der Waals surface area (Å²) in [6.07, 6.45) is 3.37. The Morgan fingerprint density at radius 1 is 1.26 bits per heavy atom. The minimum Gasteiger partial charge on any atom is -0.497 e. The van der Waals surface area contributed by atoms with Crippen molar-refractivity contribution in [3.05, 3.63) is 69.9 Å². The number of nitrogens with zero attached hydrogens (tertiary/aromatic N) is 3. The topological polar surface area (TPSA) is 79.4 Å². The molecule has 1 heterocycles. The molecule has 0 radical (unpaired) electrons. The molecule has 0 bridgehead atoms. The van der Waals surface area contributed by atoms with Gasteiger partial charge in [-0.1, -0.05) is 12.1 Å². The third kappa shape index (κ3) is 2.49. The number of nitro groups is 1. The lowest BCUT2D eigenvalue weighted by atomic mass is 9.95. The quantitative estimate of drug-likeness (QED) is 0.638. The number of nitriles is 1. The van der Waals surface area contributed by atoms with Gasteiger partial charge in [-0.25, -0.2) is 0 Å². The minimum atomic E-state index is -0.622. The molecule has 23 heavy (non-hydrogen) atoms. The molecular formula is C17H13N3O3. The molecule has 6 nitrogen and oxygen atoms in total. The fourth-order valence-electron chi connectivity index (χ4n) is 2.66. The molecule has 1 atom stereocenters. The van der Waals surface area contributed by atoms with E-state index in [1.807, 2.05) is 12.1 Å². The van der Waals surface area contributed by atoms with Crippen LogP contribution in [0.1, 0.15) is 17.2 Å². The molecule has 2 aromatic carbocycles. The van der Waals surface area contributed by atoms with Gasteiger partial charge in [-0.3, -0.25) is 10.1 Å². The Labute approximate surface area is 133 Å². The number of anilines is 1.